The molecule has 0 bridgehead atoms. The number of benzene rings is 1. The Morgan fingerprint density at radius 1 is 1.21 bits per heavy atom. The van der Waals surface area contributed by atoms with E-state index in [9.17, 15) is 8.78 Å². The first-order chi connectivity index (χ1) is 6.66. The van der Waals surface area contributed by atoms with Crippen LogP contribution in [-0.4, -0.2) is 4.83 Å². The Morgan fingerprint density at radius 2 is 2.00 bits per heavy atom. The van der Waals surface area contributed by atoms with E-state index < -0.39 is 11.6 Å². The van der Waals surface area contributed by atoms with Gasteiger partial charge in [0.05, 0.1) is 0 Å². The van der Waals surface area contributed by atoms with Crippen LogP contribution in [0.1, 0.15) is 30.7 Å². The van der Waals surface area contributed by atoms with Crippen LogP contribution >= 0.6 is 15.9 Å². The van der Waals surface area contributed by atoms with Crippen molar-refractivity contribution in [3.05, 3.63) is 35.4 Å². The highest BCUT2D eigenvalue weighted by Crippen LogP contribution is 2.38. The molecule has 1 aliphatic carbocycles. The van der Waals surface area contributed by atoms with Crippen LogP contribution in [0.3, 0.4) is 0 Å². The summed E-state index contributed by atoms with van der Waals surface area (Å²) < 4.78 is 26.0. The van der Waals surface area contributed by atoms with Gasteiger partial charge in [-0.25, -0.2) is 8.78 Å². The van der Waals surface area contributed by atoms with Gasteiger partial charge in [-0.2, -0.15) is 0 Å². The summed E-state index contributed by atoms with van der Waals surface area (Å²) in [6, 6.07) is 3.87. The van der Waals surface area contributed by atoms with Crippen molar-refractivity contribution in [2.45, 2.75) is 30.0 Å². The van der Waals surface area contributed by atoms with Gasteiger partial charge >= 0.3 is 0 Å². The molecular formula is C11H11BrF2. The summed E-state index contributed by atoms with van der Waals surface area (Å²) >= 11 is 3.52. The Balaban J connectivity index is 2.24. The maximum Gasteiger partial charge on any atom is 0.129 e. The van der Waals surface area contributed by atoms with E-state index in [1.807, 2.05) is 0 Å². The third kappa shape index (κ3) is 1.97. The second-order valence-corrected chi connectivity index (χ2v) is 5.07. The fourth-order valence-electron chi connectivity index (χ4n) is 2.04. The van der Waals surface area contributed by atoms with E-state index in [0.29, 0.717) is 10.4 Å². The van der Waals surface area contributed by atoms with Crippen molar-refractivity contribution < 1.29 is 8.78 Å². The van der Waals surface area contributed by atoms with E-state index >= 15 is 0 Å². The van der Waals surface area contributed by atoms with Gasteiger partial charge in [-0.1, -0.05) is 22.0 Å². The molecule has 0 amide bonds. The molecular weight excluding hydrogens is 250 g/mol. The lowest BCUT2D eigenvalue weighted by Gasteiger charge is -2.10. The topological polar surface area (TPSA) is 0 Å². The van der Waals surface area contributed by atoms with Crippen LogP contribution in [0.2, 0.25) is 0 Å². The minimum atomic E-state index is -0.500. The van der Waals surface area contributed by atoms with Gasteiger partial charge in [0.2, 0.25) is 0 Å². The minimum Gasteiger partial charge on any atom is -0.207 e. The molecule has 0 spiro atoms. The molecule has 14 heavy (non-hydrogen) atoms. The van der Waals surface area contributed by atoms with E-state index in [0.717, 1.165) is 25.3 Å². The van der Waals surface area contributed by atoms with Crippen LogP contribution < -0.4 is 0 Å². The van der Waals surface area contributed by atoms with Gasteiger partial charge in [0.25, 0.3) is 0 Å². The number of alkyl halides is 1. The maximum absolute atomic E-state index is 13.4. The molecule has 2 rings (SSSR count). The summed E-state index contributed by atoms with van der Waals surface area (Å²) in [7, 11) is 0. The molecule has 0 aromatic heterocycles. The second-order valence-electron chi connectivity index (χ2n) is 3.77. The van der Waals surface area contributed by atoms with Gasteiger partial charge in [0.15, 0.2) is 0 Å². The van der Waals surface area contributed by atoms with Crippen molar-refractivity contribution in [2.75, 3.05) is 0 Å². The summed E-state index contributed by atoms with van der Waals surface area (Å²) in [4.78, 5) is 0.483. The first-order valence-electron chi connectivity index (χ1n) is 4.76. The SMILES string of the molecule is Fc1ccc(C2CCC(Br)C2)c(F)c1. The van der Waals surface area contributed by atoms with Crippen LogP contribution in [0.5, 0.6) is 0 Å². The molecule has 2 unspecified atom stereocenters. The van der Waals surface area contributed by atoms with Crippen molar-refractivity contribution in [1.82, 2.24) is 0 Å². The standard InChI is InChI=1S/C11H11BrF2/c12-8-2-1-7(5-8)10-4-3-9(13)6-11(10)14/h3-4,6-8H,1-2,5H2. The predicted octanol–water partition coefficient (Wildman–Crippen LogP) is 4.00. The minimum absolute atomic E-state index is 0.250. The zero-order valence-electron chi connectivity index (χ0n) is 7.64. The Morgan fingerprint density at radius 3 is 2.57 bits per heavy atom. The first-order valence-corrected chi connectivity index (χ1v) is 5.67. The van der Waals surface area contributed by atoms with Gasteiger partial charge in [0.1, 0.15) is 11.6 Å². The van der Waals surface area contributed by atoms with Gasteiger partial charge in [-0.3, -0.25) is 0 Å². The summed E-state index contributed by atoms with van der Waals surface area (Å²) in [6.07, 6.45) is 3.00. The fraction of sp³-hybridized carbons (Fsp3) is 0.455. The molecule has 0 aliphatic heterocycles. The average Bonchev–Trinajstić information content (AvgIpc) is 2.51. The van der Waals surface area contributed by atoms with E-state index in [1.165, 1.54) is 6.07 Å². The summed E-state index contributed by atoms with van der Waals surface area (Å²) in [5, 5.41) is 0. The van der Waals surface area contributed by atoms with Crippen LogP contribution in [0.4, 0.5) is 8.78 Å². The highest BCUT2D eigenvalue weighted by Gasteiger charge is 2.25. The van der Waals surface area contributed by atoms with Crippen molar-refractivity contribution in [1.29, 1.82) is 0 Å². The van der Waals surface area contributed by atoms with Crippen molar-refractivity contribution in [2.24, 2.45) is 0 Å². The summed E-state index contributed by atoms with van der Waals surface area (Å²) in [5.74, 6) is -0.656. The summed E-state index contributed by atoms with van der Waals surface area (Å²) in [6.45, 7) is 0. The zero-order chi connectivity index (χ0) is 10.1. The molecule has 0 nitrogen and oxygen atoms in total. The zero-order valence-corrected chi connectivity index (χ0v) is 9.23. The quantitative estimate of drug-likeness (QED) is 0.670. The Hall–Kier alpha value is -0.440. The highest BCUT2D eigenvalue weighted by atomic mass is 79.9. The molecule has 1 aliphatic rings. The largest absolute Gasteiger partial charge is 0.207 e. The molecule has 0 heterocycles. The smallest absolute Gasteiger partial charge is 0.129 e. The molecule has 0 saturated heterocycles. The van der Waals surface area contributed by atoms with Gasteiger partial charge in [0, 0.05) is 10.9 Å². The van der Waals surface area contributed by atoms with Crippen molar-refractivity contribution in [3.8, 4) is 0 Å². The van der Waals surface area contributed by atoms with Crippen LogP contribution in [0.25, 0.3) is 0 Å². The summed E-state index contributed by atoms with van der Waals surface area (Å²) in [5.41, 5.74) is 0.661. The van der Waals surface area contributed by atoms with E-state index in [2.05, 4.69) is 15.9 Å². The van der Waals surface area contributed by atoms with Crippen LogP contribution in [0, 0.1) is 11.6 Å². The van der Waals surface area contributed by atoms with Crippen molar-refractivity contribution >= 4 is 15.9 Å². The monoisotopic (exact) mass is 260 g/mol. The van der Waals surface area contributed by atoms with Crippen LogP contribution in [0.15, 0.2) is 18.2 Å². The van der Waals surface area contributed by atoms with E-state index in [1.54, 1.807) is 6.07 Å². The molecule has 1 aromatic rings. The fourth-order valence-corrected chi connectivity index (χ4v) is 2.76. The molecule has 1 fully saturated rings. The third-order valence-electron chi connectivity index (χ3n) is 2.77. The van der Waals surface area contributed by atoms with Crippen LogP contribution in [-0.2, 0) is 0 Å². The Kier molecular flexibility index (Phi) is 2.86. The third-order valence-corrected chi connectivity index (χ3v) is 3.60. The molecule has 76 valence electrons. The second kappa shape index (κ2) is 3.97. The predicted molar refractivity (Wildman–Crippen MR) is 55.7 cm³/mol. The lowest BCUT2D eigenvalue weighted by molar-refractivity contribution is 0.554. The highest BCUT2D eigenvalue weighted by molar-refractivity contribution is 9.09. The van der Waals surface area contributed by atoms with E-state index in [-0.39, 0.29) is 5.92 Å². The number of hydrogen-bond acceptors (Lipinski definition) is 0. The van der Waals surface area contributed by atoms with Crippen molar-refractivity contribution in [3.63, 3.8) is 0 Å². The Labute approximate surface area is 90.4 Å². The molecule has 0 N–H and O–H groups in total. The molecule has 2 atom stereocenters. The van der Waals surface area contributed by atoms with Gasteiger partial charge < -0.3 is 0 Å². The van der Waals surface area contributed by atoms with Gasteiger partial charge in [-0.05, 0) is 36.8 Å². The number of hydrogen-bond donors (Lipinski definition) is 0. The molecule has 3 heteroatoms. The number of rotatable bonds is 1. The average molecular weight is 261 g/mol. The molecule has 0 radical (unpaired) electrons. The number of halogens is 3. The lowest BCUT2D eigenvalue weighted by atomic mass is 9.97. The van der Waals surface area contributed by atoms with Gasteiger partial charge in [-0.15, -0.1) is 0 Å². The lowest BCUT2D eigenvalue weighted by Crippen LogP contribution is -1.98. The Bertz CT molecular complexity index is 338. The first kappa shape index (κ1) is 10.1. The molecule has 1 saturated carbocycles. The normalized spacial score (nSPS) is 26.8. The maximum atomic E-state index is 13.4. The molecule has 1 aromatic carbocycles. The van der Waals surface area contributed by atoms with E-state index in [4.69, 9.17) is 0 Å².